The fourth-order valence-electron chi connectivity index (χ4n) is 2.13. The van der Waals surface area contributed by atoms with E-state index in [4.69, 9.17) is 0 Å². The Labute approximate surface area is 106 Å². The summed E-state index contributed by atoms with van der Waals surface area (Å²) in [6, 6.07) is 14.6. The number of aryl methyl sites for hydroxylation is 1. The van der Waals surface area contributed by atoms with Crippen molar-refractivity contribution >= 4 is 23.1 Å². The van der Waals surface area contributed by atoms with Crippen LogP contribution in [-0.2, 0) is 7.05 Å². The Kier molecular flexibility index (Phi) is 2.69. The second-order valence-electron chi connectivity index (χ2n) is 4.30. The molecular formula is C16H14N2. The first-order chi connectivity index (χ1) is 8.84. The molecule has 2 nitrogen and oxygen atoms in total. The predicted octanol–water partition coefficient (Wildman–Crippen LogP) is 3.74. The number of hydrogen-bond donors (Lipinski definition) is 0. The third-order valence-corrected chi connectivity index (χ3v) is 3.14. The number of para-hydroxylation sites is 1. The largest absolute Gasteiger partial charge is 0.344 e. The third kappa shape index (κ3) is 1.93. The van der Waals surface area contributed by atoms with Crippen LogP contribution < -0.4 is 0 Å². The van der Waals surface area contributed by atoms with E-state index in [0.717, 1.165) is 5.56 Å². The lowest BCUT2D eigenvalue weighted by molar-refractivity contribution is 0.955. The van der Waals surface area contributed by atoms with Crippen molar-refractivity contribution in [2.24, 2.45) is 7.05 Å². The van der Waals surface area contributed by atoms with Crippen LogP contribution in [0.4, 0.5) is 0 Å². The van der Waals surface area contributed by atoms with Crippen molar-refractivity contribution in [1.29, 1.82) is 0 Å². The maximum Gasteiger partial charge on any atom is 0.0482 e. The molecule has 3 rings (SSSR count). The van der Waals surface area contributed by atoms with Gasteiger partial charge in [0.2, 0.25) is 0 Å². The first-order valence-electron chi connectivity index (χ1n) is 5.97. The second-order valence-corrected chi connectivity index (χ2v) is 4.30. The molecule has 3 aromatic rings. The molecular weight excluding hydrogens is 220 g/mol. The molecule has 0 aliphatic heterocycles. The smallest absolute Gasteiger partial charge is 0.0482 e. The number of fused-ring (bicyclic) bond motifs is 1. The van der Waals surface area contributed by atoms with E-state index in [2.05, 4.69) is 59.1 Å². The topological polar surface area (TPSA) is 17.8 Å². The molecule has 2 heterocycles. The van der Waals surface area contributed by atoms with Gasteiger partial charge in [-0.15, -0.1) is 0 Å². The summed E-state index contributed by atoms with van der Waals surface area (Å²) in [5.74, 6) is 0. The molecule has 18 heavy (non-hydrogen) atoms. The van der Waals surface area contributed by atoms with Crippen LogP contribution in [0.25, 0.3) is 23.1 Å². The van der Waals surface area contributed by atoms with Crippen molar-refractivity contribution in [3.8, 4) is 0 Å². The number of aromatic nitrogens is 2. The average molecular weight is 234 g/mol. The van der Waals surface area contributed by atoms with Crippen molar-refractivity contribution in [3.05, 3.63) is 66.1 Å². The highest BCUT2D eigenvalue weighted by Gasteiger charge is 2.01. The van der Waals surface area contributed by atoms with Gasteiger partial charge in [-0.3, -0.25) is 4.98 Å². The van der Waals surface area contributed by atoms with Crippen LogP contribution in [0.5, 0.6) is 0 Å². The highest BCUT2D eigenvalue weighted by atomic mass is 14.9. The van der Waals surface area contributed by atoms with E-state index in [1.807, 2.05) is 12.1 Å². The Balaban J connectivity index is 2.00. The number of benzene rings is 1. The monoisotopic (exact) mass is 234 g/mol. The number of nitrogens with zero attached hydrogens (tertiary/aromatic N) is 2. The summed E-state index contributed by atoms with van der Waals surface area (Å²) in [5.41, 5.74) is 3.62. The van der Waals surface area contributed by atoms with Crippen LogP contribution in [0, 0.1) is 0 Å². The Hall–Kier alpha value is -2.35. The lowest BCUT2D eigenvalue weighted by atomic mass is 10.2. The van der Waals surface area contributed by atoms with Gasteiger partial charge >= 0.3 is 0 Å². The van der Waals surface area contributed by atoms with Crippen molar-refractivity contribution in [2.75, 3.05) is 0 Å². The van der Waals surface area contributed by atoms with Crippen molar-refractivity contribution in [2.45, 2.75) is 0 Å². The quantitative estimate of drug-likeness (QED) is 0.660. The zero-order valence-corrected chi connectivity index (χ0v) is 10.2. The molecule has 0 saturated heterocycles. The van der Waals surface area contributed by atoms with Crippen molar-refractivity contribution in [1.82, 2.24) is 9.55 Å². The molecule has 0 radical (unpaired) electrons. The van der Waals surface area contributed by atoms with Crippen LogP contribution in [0.15, 0.2) is 54.9 Å². The summed E-state index contributed by atoms with van der Waals surface area (Å²) >= 11 is 0. The molecule has 0 unspecified atom stereocenters. The lowest BCUT2D eigenvalue weighted by Crippen LogP contribution is -1.89. The molecule has 2 heteroatoms. The van der Waals surface area contributed by atoms with Crippen LogP contribution in [-0.4, -0.2) is 9.55 Å². The fraction of sp³-hybridized carbons (Fsp3) is 0.0625. The lowest BCUT2D eigenvalue weighted by Gasteiger charge is -1.98. The molecule has 0 saturated carbocycles. The van der Waals surface area contributed by atoms with E-state index < -0.39 is 0 Å². The Morgan fingerprint density at radius 1 is 1.00 bits per heavy atom. The van der Waals surface area contributed by atoms with Crippen LogP contribution in [0.3, 0.4) is 0 Å². The first kappa shape index (κ1) is 10.8. The molecule has 0 spiro atoms. The van der Waals surface area contributed by atoms with Gasteiger partial charge in [0.25, 0.3) is 0 Å². The molecule has 0 amide bonds. The third-order valence-electron chi connectivity index (χ3n) is 3.14. The SMILES string of the molecule is Cn1c(C=Cc2ccncc2)cc2ccccc21. The van der Waals surface area contributed by atoms with Crippen LogP contribution in [0.2, 0.25) is 0 Å². The number of rotatable bonds is 2. The predicted molar refractivity (Wildman–Crippen MR) is 76.1 cm³/mol. The van der Waals surface area contributed by atoms with Crippen LogP contribution in [0.1, 0.15) is 11.3 Å². The van der Waals surface area contributed by atoms with Crippen molar-refractivity contribution < 1.29 is 0 Å². The van der Waals surface area contributed by atoms with E-state index in [9.17, 15) is 0 Å². The molecule has 88 valence electrons. The summed E-state index contributed by atoms with van der Waals surface area (Å²) in [6.45, 7) is 0. The molecule has 2 aromatic heterocycles. The maximum atomic E-state index is 4.01. The van der Waals surface area contributed by atoms with E-state index in [-0.39, 0.29) is 0 Å². The van der Waals surface area contributed by atoms with Gasteiger partial charge in [0.05, 0.1) is 0 Å². The summed E-state index contributed by atoms with van der Waals surface area (Å²) in [7, 11) is 2.09. The minimum absolute atomic E-state index is 1.16. The standard InChI is InChI=1S/C16H14N2/c1-18-15(7-6-13-8-10-17-11-9-13)12-14-4-2-3-5-16(14)18/h2-12H,1H3. The molecule has 0 aliphatic rings. The zero-order chi connectivity index (χ0) is 12.4. The van der Waals surface area contributed by atoms with E-state index >= 15 is 0 Å². The minimum atomic E-state index is 1.16. The van der Waals surface area contributed by atoms with Gasteiger partial charge < -0.3 is 4.57 Å². The highest BCUT2D eigenvalue weighted by molar-refractivity contribution is 5.85. The van der Waals surface area contributed by atoms with Gasteiger partial charge in [-0.25, -0.2) is 0 Å². The molecule has 1 aromatic carbocycles. The zero-order valence-electron chi connectivity index (χ0n) is 10.2. The summed E-state index contributed by atoms with van der Waals surface area (Å²) in [6.07, 6.45) is 7.85. The molecule has 0 atom stereocenters. The average Bonchev–Trinajstić information content (AvgIpc) is 2.75. The summed E-state index contributed by atoms with van der Waals surface area (Å²) in [4.78, 5) is 4.01. The molecule has 0 aliphatic carbocycles. The van der Waals surface area contributed by atoms with Gasteiger partial charge in [-0.2, -0.15) is 0 Å². The van der Waals surface area contributed by atoms with Crippen LogP contribution >= 0.6 is 0 Å². The van der Waals surface area contributed by atoms with E-state index in [0.29, 0.717) is 0 Å². The van der Waals surface area contributed by atoms with Gasteiger partial charge in [0.1, 0.15) is 0 Å². The summed E-state index contributed by atoms with van der Waals surface area (Å²) in [5, 5.41) is 1.27. The summed E-state index contributed by atoms with van der Waals surface area (Å²) < 4.78 is 2.20. The fourth-order valence-corrected chi connectivity index (χ4v) is 2.13. The maximum absolute atomic E-state index is 4.01. The van der Waals surface area contributed by atoms with Gasteiger partial charge in [-0.05, 0) is 35.9 Å². The van der Waals surface area contributed by atoms with Gasteiger partial charge in [0, 0.05) is 36.0 Å². The number of hydrogen-bond acceptors (Lipinski definition) is 1. The van der Waals surface area contributed by atoms with Gasteiger partial charge in [0.15, 0.2) is 0 Å². The van der Waals surface area contributed by atoms with Crippen molar-refractivity contribution in [3.63, 3.8) is 0 Å². The number of pyridine rings is 1. The Morgan fingerprint density at radius 2 is 1.78 bits per heavy atom. The van der Waals surface area contributed by atoms with E-state index in [1.54, 1.807) is 12.4 Å². The molecule has 0 N–H and O–H groups in total. The first-order valence-corrected chi connectivity index (χ1v) is 5.97. The van der Waals surface area contributed by atoms with E-state index in [1.165, 1.54) is 16.6 Å². The van der Waals surface area contributed by atoms with Gasteiger partial charge in [-0.1, -0.05) is 24.3 Å². The second kappa shape index (κ2) is 4.49. The normalized spacial score (nSPS) is 11.4. The highest BCUT2D eigenvalue weighted by Crippen LogP contribution is 2.19. The Bertz CT molecular complexity index is 693. The minimum Gasteiger partial charge on any atom is -0.344 e. The molecule has 0 fully saturated rings. The molecule has 0 bridgehead atoms. The Morgan fingerprint density at radius 3 is 2.56 bits per heavy atom.